The van der Waals surface area contributed by atoms with Crippen molar-refractivity contribution in [2.24, 2.45) is 11.7 Å². The van der Waals surface area contributed by atoms with Crippen LogP contribution in [-0.4, -0.2) is 42.0 Å². The van der Waals surface area contributed by atoms with Gasteiger partial charge in [0.25, 0.3) is 0 Å². The summed E-state index contributed by atoms with van der Waals surface area (Å²) in [5.41, 5.74) is 5.38. The molecule has 0 aliphatic heterocycles. The Kier molecular flexibility index (Phi) is 5.67. The molecule has 21 heavy (non-hydrogen) atoms. The number of hydrogen-bond donors (Lipinski definition) is 2. The Morgan fingerprint density at radius 2 is 2.00 bits per heavy atom. The molecule has 2 unspecified atom stereocenters. The summed E-state index contributed by atoms with van der Waals surface area (Å²) in [6.07, 6.45) is 9.07. The summed E-state index contributed by atoms with van der Waals surface area (Å²) in [5, 5.41) is 3.60. The van der Waals surface area contributed by atoms with E-state index in [2.05, 4.69) is 31.1 Å². The van der Waals surface area contributed by atoms with E-state index in [9.17, 15) is 4.79 Å². The minimum Gasteiger partial charge on any atom is -0.368 e. The molecule has 2 aliphatic rings. The molecule has 4 heteroatoms. The molecule has 0 radical (unpaired) electrons. The number of nitrogens with one attached hydrogen (secondary N) is 1. The maximum absolute atomic E-state index is 12.1. The van der Waals surface area contributed by atoms with Crippen molar-refractivity contribution in [2.75, 3.05) is 13.6 Å². The molecule has 0 aromatic carbocycles. The van der Waals surface area contributed by atoms with Crippen LogP contribution in [0, 0.1) is 5.92 Å². The van der Waals surface area contributed by atoms with Crippen LogP contribution in [0.1, 0.15) is 65.2 Å². The van der Waals surface area contributed by atoms with Crippen LogP contribution in [0.25, 0.3) is 0 Å². The fraction of sp³-hybridized carbons (Fsp3) is 0.941. The second kappa shape index (κ2) is 7.10. The summed E-state index contributed by atoms with van der Waals surface area (Å²) >= 11 is 0. The van der Waals surface area contributed by atoms with E-state index in [0.29, 0.717) is 18.0 Å². The molecule has 0 aromatic rings. The zero-order valence-electron chi connectivity index (χ0n) is 14.0. The van der Waals surface area contributed by atoms with Crippen LogP contribution < -0.4 is 11.1 Å². The van der Waals surface area contributed by atoms with Crippen molar-refractivity contribution in [1.29, 1.82) is 0 Å². The number of nitrogens with two attached hydrogens (primary N) is 1. The fourth-order valence-electron chi connectivity index (χ4n) is 4.10. The number of primary amides is 1. The third-order valence-corrected chi connectivity index (χ3v) is 5.70. The molecular formula is C17H33N3O. The molecular weight excluding hydrogens is 262 g/mol. The van der Waals surface area contributed by atoms with Gasteiger partial charge in [0, 0.05) is 12.1 Å². The van der Waals surface area contributed by atoms with E-state index in [1.165, 1.54) is 25.7 Å². The summed E-state index contributed by atoms with van der Waals surface area (Å²) < 4.78 is 0. The summed E-state index contributed by atoms with van der Waals surface area (Å²) in [5.74, 6) is 0.287. The zero-order valence-corrected chi connectivity index (χ0v) is 14.0. The van der Waals surface area contributed by atoms with Crippen molar-refractivity contribution in [1.82, 2.24) is 10.2 Å². The second-order valence-electron chi connectivity index (χ2n) is 7.08. The Balaban J connectivity index is 1.95. The van der Waals surface area contributed by atoms with Gasteiger partial charge in [-0.1, -0.05) is 20.3 Å². The Morgan fingerprint density at radius 1 is 1.33 bits per heavy atom. The normalized spacial score (nSPS) is 29.5. The minimum atomic E-state index is -0.421. The lowest BCUT2D eigenvalue weighted by molar-refractivity contribution is -0.126. The van der Waals surface area contributed by atoms with Crippen molar-refractivity contribution in [2.45, 2.75) is 82.8 Å². The molecule has 0 aromatic heterocycles. The Labute approximate surface area is 129 Å². The van der Waals surface area contributed by atoms with Crippen LogP contribution in [0.4, 0.5) is 0 Å². The molecule has 0 bridgehead atoms. The van der Waals surface area contributed by atoms with Gasteiger partial charge in [0.15, 0.2) is 0 Å². The molecule has 0 saturated heterocycles. The van der Waals surface area contributed by atoms with E-state index in [4.69, 9.17) is 5.73 Å². The average molecular weight is 295 g/mol. The molecule has 2 atom stereocenters. The van der Waals surface area contributed by atoms with Crippen LogP contribution in [0.5, 0.6) is 0 Å². The van der Waals surface area contributed by atoms with Gasteiger partial charge in [0.2, 0.25) is 5.91 Å². The highest BCUT2D eigenvalue weighted by Gasteiger charge is 2.49. The van der Waals surface area contributed by atoms with Gasteiger partial charge in [-0.3, -0.25) is 4.79 Å². The van der Waals surface area contributed by atoms with Gasteiger partial charge >= 0.3 is 0 Å². The molecule has 2 fully saturated rings. The average Bonchev–Trinajstić information content (AvgIpc) is 3.16. The largest absolute Gasteiger partial charge is 0.368 e. The van der Waals surface area contributed by atoms with Gasteiger partial charge in [-0.2, -0.15) is 0 Å². The van der Waals surface area contributed by atoms with E-state index in [0.717, 1.165) is 32.2 Å². The topological polar surface area (TPSA) is 58.4 Å². The summed E-state index contributed by atoms with van der Waals surface area (Å²) in [7, 11) is 2.22. The van der Waals surface area contributed by atoms with Gasteiger partial charge in [-0.25, -0.2) is 0 Å². The molecule has 3 N–H and O–H groups in total. The molecule has 4 nitrogen and oxygen atoms in total. The van der Waals surface area contributed by atoms with E-state index in [-0.39, 0.29) is 5.91 Å². The van der Waals surface area contributed by atoms with Gasteiger partial charge in [-0.15, -0.1) is 0 Å². The predicted molar refractivity (Wildman–Crippen MR) is 87.0 cm³/mol. The van der Waals surface area contributed by atoms with Crippen molar-refractivity contribution in [3.63, 3.8) is 0 Å². The van der Waals surface area contributed by atoms with E-state index in [1.54, 1.807) is 0 Å². The molecule has 2 rings (SSSR count). The van der Waals surface area contributed by atoms with Crippen LogP contribution in [-0.2, 0) is 4.79 Å². The minimum absolute atomic E-state index is 0.123. The Morgan fingerprint density at radius 3 is 2.52 bits per heavy atom. The Bertz CT molecular complexity index is 352. The number of hydrogen-bond acceptors (Lipinski definition) is 3. The van der Waals surface area contributed by atoms with Gasteiger partial charge in [0.05, 0.1) is 0 Å². The Hall–Kier alpha value is -0.610. The summed E-state index contributed by atoms with van der Waals surface area (Å²) in [6, 6.07) is 1.20. The van der Waals surface area contributed by atoms with Crippen molar-refractivity contribution in [3.8, 4) is 0 Å². The van der Waals surface area contributed by atoms with E-state index in [1.807, 2.05) is 0 Å². The predicted octanol–water partition coefficient (Wildman–Crippen LogP) is 2.27. The first kappa shape index (κ1) is 16.8. The highest BCUT2D eigenvalue weighted by molar-refractivity contribution is 5.85. The lowest BCUT2D eigenvalue weighted by Crippen LogP contribution is -2.59. The number of rotatable bonds is 9. The zero-order chi connectivity index (χ0) is 15.5. The maximum atomic E-state index is 12.1. The number of nitrogens with zero attached hydrogens (tertiary/aromatic N) is 1. The van der Waals surface area contributed by atoms with Crippen LogP contribution in [0.2, 0.25) is 0 Å². The summed E-state index contributed by atoms with van der Waals surface area (Å²) in [4.78, 5) is 14.6. The van der Waals surface area contributed by atoms with Gasteiger partial charge < -0.3 is 16.0 Å². The van der Waals surface area contributed by atoms with Crippen molar-refractivity contribution in [3.05, 3.63) is 0 Å². The second-order valence-corrected chi connectivity index (χ2v) is 7.08. The standard InChI is InChI=1S/C17H33N3O/c1-4-15(5-2)20(3)12-10-13-7-6-11-17(13,16(18)21)19-14-8-9-14/h13-15,19H,4-12H2,1-3H3,(H2,18,21). The lowest BCUT2D eigenvalue weighted by atomic mass is 9.83. The highest BCUT2D eigenvalue weighted by atomic mass is 16.1. The van der Waals surface area contributed by atoms with Crippen LogP contribution >= 0.6 is 0 Å². The van der Waals surface area contributed by atoms with E-state index < -0.39 is 5.54 Å². The molecule has 0 heterocycles. The maximum Gasteiger partial charge on any atom is 0.238 e. The third kappa shape index (κ3) is 3.78. The molecule has 122 valence electrons. The molecule has 2 aliphatic carbocycles. The fourth-order valence-corrected chi connectivity index (χ4v) is 4.10. The van der Waals surface area contributed by atoms with Gasteiger partial charge in [-0.05, 0) is 64.5 Å². The lowest BCUT2D eigenvalue weighted by Gasteiger charge is -2.35. The number of amides is 1. The number of carbonyl (C=O) groups excluding carboxylic acids is 1. The summed E-state index contributed by atoms with van der Waals surface area (Å²) in [6.45, 7) is 5.57. The monoisotopic (exact) mass is 295 g/mol. The van der Waals surface area contributed by atoms with Crippen molar-refractivity contribution >= 4 is 5.91 Å². The molecule has 0 spiro atoms. The van der Waals surface area contributed by atoms with Gasteiger partial charge in [0.1, 0.15) is 5.54 Å². The van der Waals surface area contributed by atoms with Crippen molar-refractivity contribution < 1.29 is 4.79 Å². The van der Waals surface area contributed by atoms with Crippen LogP contribution in [0.3, 0.4) is 0 Å². The number of carbonyl (C=O) groups is 1. The smallest absolute Gasteiger partial charge is 0.238 e. The first-order chi connectivity index (χ1) is 10.0. The van der Waals surface area contributed by atoms with E-state index >= 15 is 0 Å². The molecule has 2 saturated carbocycles. The quantitative estimate of drug-likeness (QED) is 0.686. The third-order valence-electron chi connectivity index (χ3n) is 5.70. The first-order valence-corrected chi connectivity index (χ1v) is 8.81. The van der Waals surface area contributed by atoms with Crippen LogP contribution in [0.15, 0.2) is 0 Å². The first-order valence-electron chi connectivity index (χ1n) is 8.81. The SMILES string of the molecule is CCC(CC)N(C)CCC1CCCC1(NC1CC1)C(N)=O. The molecule has 1 amide bonds. The highest BCUT2D eigenvalue weighted by Crippen LogP contribution is 2.40.